The molecule has 1 aliphatic rings. The van der Waals surface area contributed by atoms with Gasteiger partial charge in [-0.05, 0) is 41.0 Å². The van der Waals surface area contributed by atoms with E-state index in [-0.39, 0.29) is 24.3 Å². The van der Waals surface area contributed by atoms with Crippen molar-refractivity contribution in [3.8, 4) is 0 Å². The molecule has 1 amide bonds. The summed E-state index contributed by atoms with van der Waals surface area (Å²) in [5, 5.41) is 2.79. The van der Waals surface area contributed by atoms with Gasteiger partial charge >= 0.3 is 6.09 Å². The molecule has 6 nitrogen and oxygen atoms in total. The third kappa shape index (κ3) is 7.11. The van der Waals surface area contributed by atoms with Gasteiger partial charge in [-0.3, -0.25) is 4.90 Å². The van der Waals surface area contributed by atoms with Crippen LogP contribution >= 0.6 is 0 Å². The molecule has 0 bridgehead atoms. The summed E-state index contributed by atoms with van der Waals surface area (Å²) in [7, 11) is 0. The second kappa shape index (κ2) is 7.96. The minimum absolute atomic E-state index is 0.224. The Hall–Kier alpha value is -0.850. The zero-order valence-electron chi connectivity index (χ0n) is 14.0. The number of nitrogens with zero attached hydrogens (tertiary/aromatic N) is 1. The molecule has 1 heterocycles. The van der Waals surface area contributed by atoms with Gasteiger partial charge < -0.3 is 20.5 Å². The van der Waals surface area contributed by atoms with Gasteiger partial charge in [0.2, 0.25) is 0 Å². The number of rotatable bonds is 5. The molecule has 0 aromatic heterocycles. The molecule has 1 aliphatic heterocycles. The number of nitrogens with two attached hydrogens (primary N) is 1. The molecule has 1 fully saturated rings. The van der Waals surface area contributed by atoms with Crippen molar-refractivity contribution in [2.75, 3.05) is 26.2 Å². The normalized spacial score (nSPS) is 25.4. The maximum Gasteiger partial charge on any atom is 0.407 e. The monoisotopic (exact) mass is 301 g/mol. The van der Waals surface area contributed by atoms with E-state index < -0.39 is 5.60 Å². The molecule has 0 saturated carbocycles. The van der Waals surface area contributed by atoms with E-state index in [1.807, 2.05) is 20.8 Å². The van der Waals surface area contributed by atoms with E-state index in [1.54, 1.807) is 0 Å². The Morgan fingerprint density at radius 1 is 1.38 bits per heavy atom. The second-order valence-corrected chi connectivity index (χ2v) is 6.82. The molecule has 0 aliphatic carbocycles. The standard InChI is InChI=1S/C15H31N3O3/c1-11-9-18(10-12(2)20-11)13(8-16)6-7-17-14(19)21-15(3,4)5/h11-13H,6-10,16H2,1-5H3,(H,17,19). The number of carbonyl (C=O) groups excluding carboxylic acids is 1. The van der Waals surface area contributed by atoms with Gasteiger partial charge in [-0.2, -0.15) is 0 Å². The van der Waals surface area contributed by atoms with Crippen molar-refractivity contribution in [2.24, 2.45) is 5.73 Å². The van der Waals surface area contributed by atoms with E-state index in [2.05, 4.69) is 24.1 Å². The predicted molar refractivity (Wildman–Crippen MR) is 83.3 cm³/mol. The number of ether oxygens (including phenoxy) is 2. The van der Waals surface area contributed by atoms with Gasteiger partial charge in [0.05, 0.1) is 12.2 Å². The van der Waals surface area contributed by atoms with E-state index in [0.29, 0.717) is 13.1 Å². The van der Waals surface area contributed by atoms with Crippen LogP contribution < -0.4 is 11.1 Å². The number of alkyl carbamates (subject to hydrolysis) is 1. The van der Waals surface area contributed by atoms with Crippen LogP contribution in [0.3, 0.4) is 0 Å². The van der Waals surface area contributed by atoms with Gasteiger partial charge in [0.25, 0.3) is 0 Å². The molecule has 6 heteroatoms. The third-order valence-corrected chi connectivity index (χ3v) is 3.38. The van der Waals surface area contributed by atoms with Crippen LogP contribution in [0.5, 0.6) is 0 Å². The van der Waals surface area contributed by atoms with Crippen molar-refractivity contribution < 1.29 is 14.3 Å². The van der Waals surface area contributed by atoms with Crippen LogP contribution in [0, 0.1) is 0 Å². The van der Waals surface area contributed by atoms with Crippen molar-refractivity contribution in [1.29, 1.82) is 0 Å². The van der Waals surface area contributed by atoms with Crippen LogP contribution in [-0.4, -0.2) is 61.0 Å². The SMILES string of the molecule is CC1CN(C(CN)CCNC(=O)OC(C)(C)C)CC(C)O1. The lowest BCUT2D eigenvalue weighted by molar-refractivity contribution is -0.0800. The molecule has 0 aromatic rings. The van der Waals surface area contributed by atoms with Crippen molar-refractivity contribution in [3.63, 3.8) is 0 Å². The minimum atomic E-state index is -0.466. The zero-order chi connectivity index (χ0) is 16.0. The molecular weight excluding hydrogens is 270 g/mol. The minimum Gasteiger partial charge on any atom is -0.444 e. The lowest BCUT2D eigenvalue weighted by Crippen LogP contribution is -2.53. The molecule has 0 radical (unpaired) electrons. The van der Waals surface area contributed by atoms with Crippen molar-refractivity contribution in [1.82, 2.24) is 10.2 Å². The maximum absolute atomic E-state index is 11.6. The average molecular weight is 301 g/mol. The highest BCUT2D eigenvalue weighted by Gasteiger charge is 2.27. The second-order valence-electron chi connectivity index (χ2n) is 6.82. The molecule has 3 atom stereocenters. The maximum atomic E-state index is 11.6. The van der Waals surface area contributed by atoms with Crippen molar-refractivity contribution in [2.45, 2.75) is 64.9 Å². The number of hydrogen-bond acceptors (Lipinski definition) is 5. The van der Waals surface area contributed by atoms with Gasteiger partial charge in [0.15, 0.2) is 0 Å². The van der Waals surface area contributed by atoms with E-state index in [1.165, 1.54) is 0 Å². The summed E-state index contributed by atoms with van der Waals surface area (Å²) in [6.07, 6.45) is 0.889. The number of carbonyl (C=O) groups is 1. The summed E-state index contributed by atoms with van der Waals surface area (Å²) < 4.78 is 11.0. The quantitative estimate of drug-likeness (QED) is 0.801. The fraction of sp³-hybridized carbons (Fsp3) is 0.933. The van der Waals surface area contributed by atoms with Crippen LogP contribution in [0.2, 0.25) is 0 Å². The molecule has 3 N–H and O–H groups in total. The smallest absolute Gasteiger partial charge is 0.407 e. The van der Waals surface area contributed by atoms with Gasteiger partial charge in [-0.1, -0.05) is 0 Å². The molecule has 1 saturated heterocycles. The molecule has 21 heavy (non-hydrogen) atoms. The summed E-state index contributed by atoms with van der Waals surface area (Å²) in [5.41, 5.74) is 5.42. The molecular formula is C15H31N3O3. The first-order chi connectivity index (χ1) is 9.71. The van der Waals surface area contributed by atoms with Crippen LogP contribution in [0.1, 0.15) is 41.0 Å². The Labute approximate surface area is 128 Å². The average Bonchev–Trinajstić information content (AvgIpc) is 2.31. The lowest BCUT2D eigenvalue weighted by atomic mass is 10.1. The number of nitrogens with one attached hydrogen (secondary N) is 1. The summed E-state index contributed by atoms with van der Waals surface area (Å²) in [6, 6.07) is 0.258. The largest absolute Gasteiger partial charge is 0.444 e. The Morgan fingerprint density at radius 3 is 2.43 bits per heavy atom. The third-order valence-electron chi connectivity index (χ3n) is 3.38. The van der Waals surface area contributed by atoms with Crippen molar-refractivity contribution in [3.05, 3.63) is 0 Å². The molecule has 3 unspecified atom stereocenters. The number of hydrogen-bond donors (Lipinski definition) is 2. The van der Waals surface area contributed by atoms with Gasteiger partial charge in [-0.25, -0.2) is 4.79 Å². The van der Waals surface area contributed by atoms with Crippen molar-refractivity contribution >= 4 is 6.09 Å². The molecule has 124 valence electrons. The van der Waals surface area contributed by atoms with Gasteiger partial charge in [0.1, 0.15) is 5.60 Å². The molecule has 0 aromatic carbocycles. The highest BCUT2D eigenvalue weighted by atomic mass is 16.6. The highest BCUT2D eigenvalue weighted by molar-refractivity contribution is 5.67. The fourth-order valence-corrected chi connectivity index (χ4v) is 2.62. The summed E-state index contributed by atoms with van der Waals surface area (Å²) in [6.45, 7) is 12.6. The first-order valence-corrected chi connectivity index (χ1v) is 7.77. The number of amides is 1. The fourth-order valence-electron chi connectivity index (χ4n) is 2.62. The topological polar surface area (TPSA) is 76.8 Å². The van der Waals surface area contributed by atoms with Crippen LogP contribution in [0.15, 0.2) is 0 Å². The van der Waals surface area contributed by atoms with Crippen LogP contribution in [-0.2, 0) is 9.47 Å². The van der Waals surface area contributed by atoms with E-state index in [9.17, 15) is 4.79 Å². The van der Waals surface area contributed by atoms with Crippen LogP contribution in [0.4, 0.5) is 4.79 Å². The first-order valence-electron chi connectivity index (χ1n) is 7.77. The Balaban J connectivity index is 2.35. The van der Waals surface area contributed by atoms with E-state index >= 15 is 0 Å². The lowest BCUT2D eigenvalue weighted by Gasteiger charge is -2.40. The van der Waals surface area contributed by atoms with Crippen LogP contribution in [0.25, 0.3) is 0 Å². The predicted octanol–water partition coefficient (Wildman–Crippen LogP) is 1.34. The Kier molecular flexibility index (Phi) is 6.90. The number of morpholine rings is 1. The molecule has 1 rings (SSSR count). The van der Waals surface area contributed by atoms with Gasteiger partial charge in [-0.15, -0.1) is 0 Å². The first kappa shape index (κ1) is 18.2. The zero-order valence-corrected chi connectivity index (χ0v) is 14.0. The summed E-state index contributed by atoms with van der Waals surface area (Å²) in [5.74, 6) is 0. The van der Waals surface area contributed by atoms with E-state index in [4.69, 9.17) is 15.2 Å². The Morgan fingerprint density at radius 2 is 1.95 bits per heavy atom. The highest BCUT2D eigenvalue weighted by Crippen LogP contribution is 2.15. The molecule has 0 spiro atoms. The summed E-state index contributed by atoms with van der Waals surface area (Å²) in [4.78, 5) is 14.0. The summed E-state index contributed by atoms with van der Waals surface area (Å²) >= 11 is 0. The van der Waals surface area contributed by atoms with Gasteiger partial charge in [0, 0.05) is 32.2 Å². The Bertz CT molecular complexity index is 321. The van der Waals surface area contributed by atoms with E-state index in [0.717, 1.165) is 19.5 Å².